The van der Waals surface area contributed by atoms with Crippen molar-refractivity contribution >= 4 is 0 Å². The summed E-state index contributed by atoms with van der Waals surface area (Å²) in [6, 6.07) is 8.26. The van der Waals surface area contributed by atoms with E-state index in [4.69, 9.17) is 0 Å². The van der Waals surface area contributed by atoms with Crippen molar-refractivity contribution < 1.29 is 5.11 Å². The van der Waals surface area contributed by atoms with Crippen molar-refractivity contribution in [1.29, 1.82) is 0 Å². The van der Waals surface area contributed by atoms with Gasteiger partial charge in [0.05, 0.1) is 0 Å². The number of likely N-dealkylation sites (N-methyl/N-ethyl adjacent to an activating group) is 1. The van der Waals surface area contributed by atoms with E-state index in [-0.39, 0.29) is 0 Å². The Hall–Kier alpha value is -1.02. The van der Waals surface area contributed by atoms with Gasteiger partial charge in [0.25, 0.3) is 0 Å². The maximum Gasteiger partial charge on any atom is 0.115 e. The predicted octanol–water partition coefficient (Wildman–Crippen LogP) is 3.74. The zero-order valence-electron chi connectivity index (χ0n) is 12.2. The van der Waals surface area contributed by atoms with E-state index in [2.05, 4.69) is 19.2 Å². The largest absolute Gasteiger partial charge is 0.508 e. The minimum Gasteiger partial charge on any atom is -0.508 e. The third-order valence-electron chi connectivity index (χ3n) is 4.40. The van der Waals surface area contributed by atoms with Crippen molar-refractivity contribution in [1.82, 2.24) is 5.32 Å². The summed E-state index contributed by atoms with van der Waals surface area (Å²) >= 11 is 0. The Morgan fingerprint density at radius 1 is 1.26 bits per heavy atom. The fourth-order valence-electron chi connectivity index (χ4n) is 3.40. The highest BCUT2D eigenvalue weighted by molar-refractivity contribution is 5.26. The summed E-state index contributed by atoms with van der Waals surface area (Å²) in [6.07, 6.45) is 6.57. The third-order valence-corrected chi connectivity index (χ3v) is 4.40. The lowest BCUT2D eigenvalue weighted by Crippen LogP contribution is -2.40. The molecule has 1 aromatic carbocycles. The molecule has 0 heterocycles. The van der Waals surface area contributed by atoms with Crippen LogP contribution in [0.15, 0.2) is 24.3 Å². The van der Waals surface area contributed by atoms with Crippen LogP contribution in [0.25, 0.3) is 0 Å². The minimum atomic E-state index is 0.357. The van der Waals surface area contributed by atoms with E-state index >= 15 is 0 Å². The van der Waals surface area contributed by atoms with Crippen molar-refractivity contribution in [2.75, 3.05) is 6.54 Å². The molecular formula is C17H27NO. The topological polar surface area (TPSA) is 32.3 Å². The summed E-state index contributed by atoms with van der Waals surface area (Å²) in [4.78, 5) is 0. The van der Waals surface area contributed by atoms with E-state index in [1.807, 2.05) is 12.1 Å². The molecule has 2 nitrogen and oxygen atoms in total. The van der Waals surface area contributed by atoms with Gasteiger partial charge in [0, 0.05) is 6.04 Å². The molecule has 1 aliphatic rings. The van der Waals surface area contributed by atoms with Gasteiger partial charge in [-0.15, -0.1) is 0 Å². The van der Waals surface area contributed by atoms with E-state index in [0.717, 1.165) is 24.8 Å². The molecule has 1 aliphatic carbocycles. The SMILES string of the molecule is CCNC(Cc1ccc(O)cc1)C1CCCC(C)C1. The maximum atomic E-state index is 9.36. The van der Waals surface area contributed by atoms with Crippen LogP contribution in [0.2, 0.25) is 0 Å². The molecule has 2 rings (SSSR count). The second-order valence-corrected chi connectivity index (χ2v) is 6.07. The fraction of sp³-hybridized carbons (Fsp3) is 0.647. The molecule has 19 heavy (non-hydrogen) atoms. The maximum absolute atomic E-state index is 9.36. The first-order valence-electron chi connectivity index (χ1n) is 7.70. The molecule has 0 radical (unpaired) electrons. The van der Waals surface area contributed by atoms with Gasteiger partial charge in [-0.05, 0) is 55.3 Å². The van der Waals surface area contributed by atoms with E-state index < -0.39 is 0 Å². The van der Waals surface area contributed by atoms with Gasteiger partial charge in [-0.1, -0.05) is 38.8 Å². The Morgan fingerprint density at radius 2 is 2.00 bits per heavy atom. The predicted molar refractivity (Wildman–Crippen MR) is 80.4 cm³/mol. The molecule has 2 N–H and O–H groups in total. The molecule has 3 atom stereocenters. The van der Waals surface area contributed by atoms with Crippen molar-refractivity contribution in [3.63, 3.8) is 0 Å². The summed E-state index contributed by atoms with van der Waals surface area (Å²) in [5, 5.41) is 13.0. The van der Waals surface area contributed by atoms with Gasteiger partial charge < -0.3 is 10.4 Å². The average molecular weight is 261 g/mol. The highest BCUT2D eigenvalue weighted by Gasteiger charge is 2.26. The quantitative estimate of drug-likeness (QED) is 0.846. The van der Waals surface area contributed by atoms with E-state index in [0.29, 0.717) is 11.8 Å². The van der Waals surface area contributed by atoms with E-state index in [1.165, 1.54) is 31.2 Å². The molecule has 106 valence electrons. The van der Waals surface area contributed by atoms with Crippen molar-refractivity contribution in [3.8, 4) is 5.75 Å². The Kier molecular flexibility index (Phi) is 5.26. The summed E-state index contributed by atoms with van der Waals surface area (Å²) in [5.41, 5.74) is 1.32. The molecule has 0 aromatic heterocycles. The van der Waals surface area contributed by atoms with Crippen LogP contribution in [0.5, 0.6) is 5.75 Å². The Bertz CT molecular complexity index is 373. The lowest BCUT2D eigenvalue weighted by Gasteiger charge is -2.34. The van der Waals surface area contributed by atoms with Crippen LogP contribution in [0, 0.1) is 11.8 Å². The van der Waals surface area contributed by atoms with Crippen LogP contribution < -0.4 is 5.32 Å². The van der Waals surface area contributed by atoms with E-state index in [1.54, 1.807) is 12.1 Å². The third kappa shape index (κ3) is 4.24. The number of phenols is 1. The van der Waals surface area contributed by atoms with Crippen LogP contribution >= 0.6 is 0 Å². The van der Waals surface area contributed by atoms with Gasteiger partial charge >= 0.3 is 0 Å². The zero-order valence-corrected chi connectivity index (χ0v) is 12.2. The second kappa shape index (κ2) is 6.95. The van der Waals surface area contributed by atoms with E-state index in [9.17, 15) is 5.11 Å². The van der Waals surface area contributed by atoms with Gasteiger partial charge in [-0.25, -0.2) is 0 Å². The first-order chi connectivity index (χ1) is 9.19. The summed E-state index contributed by atoms with van der Waals surface area (Å²) in [5.74, 6) is 2.03. The van der Waals surface area contributed by atoms with Gasteiger partial charge in [0.1, 0.15) is 5.75 Å². The van der Waals surface area contributed by atoms with Gasteiger partial charge in [0.2, 0.25) is 0 Å². The lowest BCUT2D eigenvalue weighted by molar-refractivity contribution is 0.222. The highest BCUT2D eigenvalue weighted by atomic mass is 16.3. The highest BCUT2D eigenvalue weighted by Crippen LogP contribution is 2.32. The van der Waals surface area contributed by atoms with Crippen LogP contribution in [-0.2, 0) is 6.42 Å². The Morgan fingerprint density at radius 3 is 2.63 bits per heavy atom. The lowest BCUT2D eigenvalue weighted by atomic mass is 9.77. The molecule has 1 aromatic rings. The molecule has 1 fully saturated rings. The molecule has 0 amide bonds. The van der Waals surface area contributed by atoms with Crippen LogP contribution in [-0.4, -0.2) is 17.7 Å². The molecule has 0 bridgehead atoms. The van der Waals surface area contributed by atoms with Gasteiger partial charge in [0.15, 0.2) is 0 Å². The van der Waals surface area contributed by atoms with Gasteiger partial charge in [-0.3, -0.25) is 0 Å². The normalized spacial score (nSPS) is 25.2. The number of phenolic OH excluding ortho intramolecular Hbond substituents is 1. The van der Waals surface area contributed by atoms with Crippen LogP contribution in [0.3, 0.4) is 0 Å². The summed E-state index contributed by atoms with van der Waals surface area (Å²) in [7, 11) is 0. The number of hydrogen-bond donors (Lipinski definition) is 2. The zero-order chi connectivity index (χ0) is 13.7. The van der Waals surface area contributed by atoms with Gasteiger partial charge in [-0.2, -0.15) is 0 Å². The second-order valence-electron chi connectivity index (χ2n) is 6.07. The molecule has 0 saturated heterocycles. The van der Waals surface area contributed by atoms with Crippen molar-refractivity contribution in [2.24, 2.45) is 11.8 Å². The smallest absolute Gasteiger partial charge is 0.115 e. The molecule has 1 saturated carbocycles. The Balaban J connectivity index is 2.00. The molecule has 3 unspecified atom stereocenters. The van der Waals surface area contributed by atoms with Crippen molar-refractivity contribution in [2.45, 2.75) is 52.0 Å². The number of hydrogen-bond acceptors (Lipinski definition) is 2. The standard InChI is InChI=1S/C17H27NO/c1-3-18-17(15-6-4-5-13(2)11-15)12-14-7-9-16(19)10-8-14/h7-10,13,15,17-19H,3-6,11-12H2,1-2H3. The number of nitrogens with one attached hydrogen (secondary N) is 1. The number of rotatable bonds is 5. The summed E-state index contributed by atoms with van der Waals surface area (Å²) < 4.78 is 0. The van der Waals surface area contributed by atoms with Crippen LogP contribution in [0.4, 0.5) is 0 Å². The minimum absolute atomic E-state index is 0.357. The fourth-order valence-corrected chi connectivity index (χ4v) is 3.40. The summed E-state index contributed by atoms with van der Waals surface area (Å²) in [6.45, 7) is 5.61. The molecule has 2 heteroatoms. The first-order valence-corrected chi connectivity index (χ1v) is 7.70. The first kappa shape index (κ1) is 14.4. The Labute approximate surface area is 117 Å². The van der Waals surface area contributed by atoms with Crippen molar-refractivity contribution in [3.05, 3.63) is 29.8 Å². The van der Waals surface area contributed by atoms with Crippen LogP contribution in [0.1, 0.15) is 45.1 Å². The molecule has 0 aliphatic heterocycles. The molecule has 0 spiro atoms. The molecular weight excluding hydrogens is 234 g/mol. The number of benzene rings is 1. The average Bonchev–Trinajstić information content (AvgIpc) is 2.41. The monoisotopic (exact) mass is 261 g/mol. The number of aromatic hydroxyl groups is 1.